The summed E-state index contributed by atoms with van der Waals surface area (Å²) in [7, 11) is 0. The van der Waals surface area contributed by atoms with Gasteiger partial charge in [-0.25, -0.2) is 4.79 Å². The van der Waals surface area contributed by atoms with Crippen LogP contribution in [-0.4, -0.2) is 56.4 Å². The smallest absolute Gasteiger partial charge is 0.336 e. The summed E-state index contributed by atoms with van der Waals surface area (Å²) in [6.07, 6.45) is -4.88. The van der Waals surface area contributed by atoms with Crippen LogP contribution in [0.15, 0.2) is 0 Å². The summed E-state index contributed by atoms with van der Waals surface area (Å²) in [6, 6.07) is 0. The Morgan fingerprint density at radius 3 is 2.17 bits per heavy atom. The fourth-order valence-electron chi connectivity index (χ4n) is 4.06. The number of hydrogen-bond acceptors (Lipinski definition) is 5. The number of rotatable bonds is 6. The first-order valence-corrected chi connectivity index (χ1v) is 8.24. The van der Waals surface area contributed by atoms with Crippen molar-refractivity contribution in [2.24, 2.45) is 23.7 Å². The fourth-order valence-corrected chi connectivity index (χ4v) is 4.06. The molecule has 0 radical (unpaired) electrons. The molecule has 0 aromatic heterocycles. The molecule has 1 saturated heterocycles. The highest BCUT2D eigenvalue weighted by atomic mass is 16.6. The van der Waals surface area contributed by atoms with E-state index in [4.69, 9.17) is 6.11 Å². The van der Waals surface area contributed by atoms with E-state index in [0.717, 1.165) is 0 Å². The molecular weight excluding hydrogens is 300 g/mol. The molecule has 1 heterocycles. The largest absolute Gasteiger partial charge is 0.479 e. The molecule has 6 nitrogen and oxygen atoms in total. The van der Waals surface area contributed by atoms with E-state index >= 15 is 0 Å². The molecule has 0 amide bonds. The van der Waals surface area contributed by atoms with E-state index in [0.29, 0.717) is 0 Å². The molecule has 0 spiro atoms. The van der Waals surface area contributed by atoms with Gasteiger partial charge in [-0.3, -0.25) is 0 Å². The number of aliphatic carboxylic acids is 1. The number of aliphatic hydroxyl groups excluding tert-OH is 3. The molecule has 0 bridgehead atoms. The third-order valence-corrected chi connectivity index (χ3v) is 5.05. The average Bonchev–Trinajstić information content (AvgIpc) is 2.48. The van der Waals surface area contributed by atoms with Crippen LogP contribution in [0.1, 0.15) is 49.3 Å². The molecule has 0 aromatic rings. The standard InChI is InChI=1S/C17H32O6/c1-8(2)13(9(3)4)17(16(21)22)7-12(19)10(5)15(23-17)14(20)11(6)18/h8-15,18-20H,7H2,1-6H3,(H,21,22)/i6D. The van der Waals surface area contributed by atoms with E-state index < -0.39 is 48.8 Å². The Kier molecular flexibility index (Phi) is 6.05. The van der Waals surface area contributed by atoms with Gasteiger partial charge in [0.05, 0.1) is 18.3 Å². The van der Waals surface area contributed by atoms with Gasteiger partial charge >= 0.3 is 5.97 Å². The predicted molar refractivity (Wildman–Crippen MR) is 85.9 cm³/mol. The zero-order valence-corrected chi connectivity index (χ0v) is 14.6. The average molecular weight is 333 g/mol. The van der Waals surface area contributed by atoms with E-state index in [1.807, 2.05) is 27.7 Å². The van der Waals surface area contributed by atoms with Crippen LogP contribution in [0, 0.1) is 23.7 Å². The van der Waals surface area contributed by atoms with Gasteiger partial charge in [-0.05, 0) is 18.7 Å². The van der Waals surface area contributed by atoms with Gasteiger partial charge in [0, 0.05) is 19.6 Å². The fraction of sp³-hybridized carbons (Fsp3) is 0.941. The van der Waals surface area contributed by atoms with Crippen LogP contribution < -0.4 is 0 Å². The Morgan fingerprint density at radius 2 is 1.78 bits per heavy atom. The summed E-state index contributed by atoms with van der Waals surface area (Å²) >= 11 is 0. The third-order valence-electron chi connectivity index (χ3n) is 5.05. The first kappa shape index (κ1) is 18.6. The summed E-state index contributed by atoms with van der Waals surface area (Å²) < 4.78 is 13.2. The van der Waals surface area contributed by atoms with Crippen molar-refractivity contribution in [2.75, 3.05) is 0 Å². The van der Waals surface area contributed by atoms with E-state index in [1.165, 1.54) is 0 Å². The molecule has 1 fully saturated rings. The second kappa shape index (κ2) is 7.47. The van der Waals surface area contributed by atoms with Crippen molar-refractivity contribution in [3.05, 3.63) is 0 Å². The lowest BCUT2D eigenvalue weighted by atomic mass is 9.67. The highest BCUT2D eigenvalue weighted by Crippen LogP contribution is 2.45. The van der Waals surface area contributed by atoms with Gasteiger partial charge in [-0.15, -0.1) is 0 Å². The lowest BCUT2D eigenvalue weighted by Gasteiger charge is -2.51. The third kappa shape index (κ3) is 3.87. The molecule has 1 rings (SSSR count). The van der Waals surface area contributed by atoms with Crippen LogP contribution in [0.2, 0.25) is 0 Å². The Labute approximate surface area is 139 Å². The molecule has 0 aliphatic carbocycles. The maximum absolute atomic E-state index is 12.2. The SMILES string of the molecule is [2H]CC(O)C(O)C1OC(C(=O)O)(C(C(C)C)C(C)C)CC(O)C1C. The Hall–Kier alpha value is -0.690. The van der Waals surface area contributed by atoms with Crippen molar-refractivity contribution < 1.29 is 31.3 Å². The number of hydrogen-bond donors (Lipinski definition) is 4. The summed E-state index contributed by atoms with van der Waals surface area (Å²) in [5, 5.41) is 40.5. The maximum atomic E-state index is 12.2. The van der Waals surface area contributed by atoms with Crippen LogP contribution in [0.5, 0.6) is 0 Å². The first-order valence-electron chi connectivity index (χ1n) is 8.94. The zero-order valence-electron chi connectivity index (χ0n) is 15.6. The number of carboxylic acids is 1. The van der Waals surface area contributed by atoms with Crippen molar-refractivity contribution in [1.29, 1.82) is 0 Å². The van der Waals surface area contributed by atoms with Gasteiger partial charge in [0.2, 0.25) is 0 Å². The van der Waals surface area contributed by atoms with Gasteiger partial charge in [0.25, 0.3) is 0 Å². The maximum Gasteiger partial charge on any atom is 0.336 e. The van der Waals surface area contributed by atoms with Crippen LogP contribution in [0.4, 0.5) is 0 Å². The molecule has 1 aliphatic heterocycles. The topological polar surface area (TPSA) is 107 Å². The van der Waals surface area contributed by atoms with Gasteiger partial charge in [0.15, 0.2) is 5.60 Å². The lowest BCUT2D eigenvalue weighted by molar-refractivity contribution is -0.256. The normalized spacial score (nSPS) is 35.4. The van der Waals surface area contributed by atoms with E-state index in [-0.39, 0.29) is 24.2 Å². The minimum absolute atomic E-state index is 0.0133. The molecule has 6 unspecified atom stereocenters. The second-order valence-corrected chi connectivity index (χ2v) is 7.48. The van der Waals surface area contributed by atoms with Crippen molar-refractivity contribution in [2.45, 2.75) is 78.0 Å². The lowest BCUT2D eigenvalue weighted by Crippen LogP contribution is -2.64. The molecule has 1 aliphatic rings. The van der Waals surface area contributed by atoms with Crippen molar-refractivity contribution in [3.8, 4) is 0 Å². The Balaban J connectivity index is 3.33. The number of carboxylic acid groups (broad SMARTS) is 1. The monoisotopic (exact) mass is 333 g/mol. The summed E-state index contributed by atoms with van der Waals surface area (Å²) in [5.74, 6) is -2.12. The minimum atomic E-state index is -1.64. The second-order valence-electron chi connectivity index (χ2n) is 7.48. The summed E-state index contributed by atoms with van der Waals surface area (Å²) in [4.78, 5) is 12.2. The molecule has 6 atom stereocenters. The van der Waals surface area contributed by atoms with Crippen LogP contribution >= 0.6 is 0 Å². The number of carbonyl (C=O) groups is 1. The van der Waals surface area contributed by atoms with Gasteiger partial charge in [-0.2, -0.15) is 0 Å². The molecule has 23 heavy (non-hydrogen) atoms. The summed E-state index contributed by atoms with van der Waals surface area (Å²) in [6.45, 7) is 8.86. The zero-order chi connectivity index (χ0) is 18.8. The van der Waals surface area contributed by atoms with E-state index in [2.05, 4.69) is 0 Å². The molecule has 6 heteroatoms. The molecule has 0 aromatic carbocycles. The number of aliphatic hydroxyl groups is 3. The summed E-state index contributed by atoms with van der Waals surface area (Å²) in [5.41, 5.74) is -1.64. The Bertz CT molecular complexity index is 421. The van der Waals surface area contributed by atoms with Crippen LogP contribution in [-0.2, 0) is 9.53 Å². The first-order chi connectivity index (χ1) is 11.0. The van der Waals surface area contributed by atoms with Crippen LogP contribution in [0.25, 0.3) is 0 Å². The highest BCUT2D eigenvalue weighted by molar-refractivity contribution is 5.78. The Morgan fingerprint density at radius 1 is 1.26 bits per heavy atom. The van der Waals surface area contributed by atoms with Crippen molar-refractivity contribution in [3.63, 3.8) is 0 Å². The quantitative estimate of drug-likeness (QED) is 0.583. The van der Waals surface area contributed by atoms with Gasteiger partial charge < -0.3 is 25.2 Å². The predicted octanol–water partition coefficient (Wildman–Crippen LogP) is 1.27. The highest BCUT2D eigenvalue weighted by Gasteiger charge is 2.57. The van der Waals surface area contributed by atoms with Crippen molar-refractivity contribution >= 4 is 5.97 Å². The van der Waals surface area contributed by atoms with Crippen molar-refractivity contribution in [1.82, 2.24) is 0 Å². The van der Waals surface area contributed by atoms with Gasteiger partial charge in [-0.1, -0.05) is 34.6 Å². The number of ether oxygens (including phenoxy) is 1. The van der Waals surface area contributed by atoms with Crippen LogP contribution in [0.3, 0.4) is 0 Å². The molecule has 4 N–H and O–H groups in total. The molecular formula is C17H32O6. The molecule has 0 saturated carbocycles. The minimum Gasteiger partial charge on any atom is -0.479 e. The van der Waals surface area contributed by atoms with Gasteiger partial charge in [0.1, 0.15) is 6.10 Å². The van der Waals surface area contributed by atoms with E-state index in [1.54, 1.807) is 6.92 Å². The molecule has 136 valence electrons. The van der Waals surface area contributed by atoms with E-state index in [9.17, 15) is 25.2 Å².